The van der Waals surface area contributed by atoms with Gasteiger partial charge in [0.2, 0.25) is 5.88 Å². The molecule has 0 saturated carbocycles. The van der Waals surface area contributed by atoms with E-state index >= 15 is 0 Å². The molecule has 0 N–H and O–H groups in total. The van der Waals surface area contributed by atoms with Crippen molar-refractivity contribution in [3.05, 3.63) is 22.9 Å². The van der Waals surface area contributed by atoms with Gasteiger partial charge in [0.1, 0.15) is 0 Å². The van der Waals surface area contributed by atoms with Gasteiger partial charge in [-0.15, -0.1) is 24.8 Å². The van der Waals surface area contributed by atoms with Gasteiger partial charge in [-0.25, -0.2) is 13.8 Å². The van der Waals surface area contributed by atoms with Crippen molar-refractivity contribution >= 4 is 11.6 Å². The Labute approximate surface area is 111 Å². The molecule has 0 bridgehead atoms. The van der Waals surface area contributed by atoms with Gasteiger partial charge in [-0.3, -0.25) is 0 Å². The second kappa shape index (κ2) is 5.58. The van der Waals surface area contributed by atoms with Gasteiger partial charge >= 0.3 is 12.5 Å². The summed E-state index contributed by atoms with van der Waals surface area (Å²) in [6.45, 7) is 0. The molecule has 0 amide bonds. The normalized spacial score (nSPS) is 12.9. The van der Waals surface area contributed by atoms with E-state index in [1.54, 1.807) is 0 Å². The number of rotatable bonds is 3. The first-order valence-corrected chi connectivity index (χ1v) is 5.20. The maximum absolute atomic E-state index is 12.5. The van der Waals surface area contributed by atoms with Gasteiger partial charge in [0.15, 0.2) is 5.69 Å². The van der Waals surface area contributed by atoms with Crippen molar-refractivity contribution in [1.29, 1.82) is 0 Å². The van der Waals surface area contributed by atoms with Gasteiger partial charge in [-0.1, -0.05) is 0 Å². The fourth-order valence-electron chi connectivity index (χ4n) is 1.25. The predicted octanol–water partition coefficient (Wildman–Crippen LogP) is 4.68. The van der Waals surface area contributed by atoms with E-state index in [1.807, 2.05) is 0 Å². The maximum atomic E-state index is 12.5. The third-order valence-electron chi connectivity index (χ3n) is 1.95. The Balaban J connectivity index is 3.47. The average molecular weight is 330 g/mol. The Morgan fingerprint density at radius 2 is 1.70 bits per heavy atom. The zero-order valence-corrected chi connectivity index (χ0v) is 9.87. The first-order valence-electron chi connectivity index (χ1n) is 4.66. The Morgan fingerprint density at radius 1 is 1.15 bits per heavy atom. The fourth-order valence-corrected chi connectivity index (χ4v) is 1.45. The second-order valence-corrected chi connectivity index (χ2v) is 3.64. The van der Waals surface area contributed by atoms with Crippen LogP contribution in [0.25, 0.3) is 0 Å². The maximum Gasteiger partial charge on any atom is 0.574 e. The Bertz CT molecular complexity index is 484. The van der Waals surface area contributed by atoms with E-state index in [9.17, 15) is 35.1 Å². The number of aromatic nitrogens is 1. The lowest BCUT2D eigenvalue weighted by Crippen LogP contribution is -2.21. The Hall–Kier alpha value is -1.32. The highest BCUT2D eigenvalue weighted by Crippen LogP contribution is 2.38. The van der Waals surface area contributed by atoms with E-state index in [2.05, 4.69) is 9.72 Å². The summed E-state index contributed by atoms with van der Waals surface area (Å²) in [6, 6.07) is 0.189. The Kier molecular flexibility index (Phi) is 4.67. The molecule has 0 aliphatic rings. The molecule has 1 aromatic rings. The molecule has 11 heteroatoms. The summed E-state index contributed by atoms with van der Waals surface area (Å²) >= 11 is 5.15. The van der Waals surface area contributed by atoms with Crippen LogP contribution in [-0.4, -0.2) is 11.3 Å². The van der Waals surface area contributed by atoms with Crippen molar-refractivity contribution in [2.24, 2.45) is 0 Å². The number of hydrogen-bond acceptors (Lipinski definition) is 2. The highest BCUT2D eigenvalue weighted by molar-refractivity contribution is 6.17. The summed E-state index contributed by atoms with van der Waals surface area (Å²) in [7, 11) is 0. The molecule has 20 heavy (non-hydrogen) atoms. The van der Waals surface area contributed by atoms with Gasteiger partial charge < -0.3 is 4.74 Å². The fraction of sp³-hybridized carbons (Fsp3) is 0.444. The Morgan fingerprint density at radius 3 is 2.05 bits per heavy atom. The molecule has 0 unspecified atom stereocenters. The van der Waals surface area contributed by atoms with E-state index in [0.717, 1.165) is 0 Å². The molecule has 114 valence electrons. The lowest BCUT2D eigenvalue weighted by atomic mass is 10.1. The van der Waals surface area contributed by atoms with E-state index in [-0.39, 0.29) is 6.07 Å². The third-order valence-corrected chi connectivity index (χ3v) is 2.24. The summed E-state index contributed by atoms with van der Waals surface area (Å²) in [4.78, 5) is 2.49. The summed E-state index contributed by atoms with van der Waals surface area (Å²) in [6.07, 6.45) is -14.1. The molecule has 0 spiro atoms. The first kappa shape index (κ1) is 16.7. The van der Waals surface area contributed by atoms with Crippen LogP contribution in [-0.2, 0) is 12.1 Å². The standard InChI is InChI=1S/C9H4ClF8NO/c10-2-3-1-4(6(11)12)7(20-9(16,17)18)19-5(3)8(13,14)15/h1,6H,2H2. The molecular weight excluding hydrogens is 326 g/mol. The van der Waals surface area contributed by atoms with Gasteiger partial charge in [0.05, 0.1) is 5.56 Å². The number of ether oxygens (including phenoxy) is 1. The van der Waals surface area contributed by atoms with Crippen LogP contribution < -0.4 is 4.74 Å². The van der Waals surface area contributed by atoms with Crippen molar-refractivity contribution in [1.82, 2.24) is 4.98 Å². The summed E-state index contributed by atoms with van der Waals surface area (Å²) in [5, 5.41) is 0. The second-order valence-electron chi connectivity index (χ2n) is 3.37. The minimum atomic E-state index is -5.46. The summed E-state index contributed by atoms with van der Waals surface area (Å²) in [5.41, 5.74) is -4.11. The average Bonchev–Trinajstić information content (AvgIpc) is 2.24. The van der Waals surface area contributed by atoms with E-state index < -0.39 is 47.5 Å². The molecule has 0 saturated heterocycles. The SMILES string of the molecule is FC(F)c1cc(CCl)c(C(F)(F)F)nc1OC(F)(F)F. The largest absolute Gasteiger partial charge is 0.574 e. The number of nitrogens with zero attached hydrogens (tertiary/aromatic N) is 1. The lowest BCUT2D eigenvalue weighted by molar-refractivity contribution is -0.277. The van der Waals surface area contributed by atoms with Crippen LogP contribution in [0.15, 0.2) is 6.07 Å². The lowest BCUT2D eigenvalue weighted by Gasteiger charge is -2.16. The van der Waals surface area contributed by atoms with Crippen LogP contribution in [0.4, 0.5) is 35.1 Å². The summed E-state index contributed by atoms with van der Waals surface area (Å²) < 4.78 is 102. The van der Waals surface area contributed by atoms with Crippen molar-refractivity contribution in [3.63, 3.8) is 0 Å². The van der Waals surface area contributed by atoms with Crippen molar-refractivity contribution in [3.8, 4) is 5.88 Å². The van der Waals surface area contributed by atoms with Gasteiger partial charge in [0.25, 0.3) is 6.43 Å². The van der Waals surface area contributed by atoms with Gasteiger partial charge in [-0.05, 0) is 11.6 Å². The van der Waals surface area contributed by atoms with E-state index in [1.165, 1.54) is 0 Å². The van der Waals surface area contributed by atoms with Crippen LogP contribution in [0.1, 0.15) is 23.2 Å². The third kappa shape index (κ3) is 4.09. The van der Waals surface area contributed by atoms with Gasteiger partial charge in [-0.2, -0.15) is 13.2 Å². The number of halogens is 9. The van der Waals surface area contributed by atoms with Crippen molar-refractivity contribution in [2.45, 2.75) is 24.8 Å². The first-order chi connectivity index (χ1) is 8.95. The highest BCUT2D eigenvalue weighted by atomic mass is 35.5. The van der Waals surface area contributed by atoms with E-state index in [4.69, 9.17) is 11.6 Å². The number of pyridine rings is 1. The highest BCUT2D eigenvalue weighted by Gasteiger charge is 2.40. The molecule has 0 aliphatic heterocycles. The van der Waals surface area contributed by atoms with Crippen molar-refractivity contribution < 1.29 is 39.9 Å². The van der Waals surface area contributed by atoms with Crippen LogP contribution in [0.5, 0.6) is 5.88 Å². The molecule has 0 fully saturated rings. The zero-order chi connectivity index (χ0) is 15.7. The summed E-state index contributed by atoms with van der Waals surface area (Å²) in [5.74, 6) is -2.71. The molecule has 1 rings (SSSR count). The molecule has 1 aromatic heterocycles. The molecule has 0 aromatic carbocycles. The minimum absolute atomic E-state index is 0.189. The van der Waals surface area contributed by atoms with Crippen LogP contribution in [0.3, 0.4) is 0 Å². The number of hydrogen-bond donors (Lipinski definition) is 0. The van der Waals surface area contributed by atoms with Crippen molar-refractivity contribution in [2.75, 3.05) is 0 Å². The number of alkyl halides is 9. The molecule has 0 atom stereocenters. The molecule has 1 heterocycles. The molecular formula is C9H4ClF8NO. The minimum Gasteiger partial charge on any atom is -0.387 e. The van der Waals surface area contributed by atoms with Crippen LogP contribution in [0.2, 0.25) is 0 Å². The van der Waals surface area contributed by atoms with Crippen LogP contribution in [0, 0.1) is 0 Å². The van der Waals surface area contributed by atoms with Gasteiger partial charge in [0, 0.05) is 5.88 Å². The molecule has 0 aliphatic carbocycles. The smallest absolute Gasteiger partial charge is 0.387 e. The quantitative estimate of drug-likeness (QED) is 0.593. The molecule has 2 nitrogen and oxygen atoms in total. The predicted molar refractivity (Wildman–Crippen MR) is 50.4 cm³/mol. The van der Waals surface area contributed by atoms with Crippen LogP contribution >= 0.6 is 11.6 Å². The topological polar surface area (TPSA) is 22.1 Å². The molecule has 0 radical (unpaired) electrons. The van der Waals surface area contributed by atoms with E-state index in [0.29, 0.717) is 0 Å². The zero-order valence-electron chi connectivity index (χ0n) is 9.12. The monoisotopic (exact) mass is 329 g/mol.